The first-order chi connectivity index (χ1) is 20.2. The number of aliphatic hydroxyl groups excluding tert-OH is 1. The minimum absolute atomic E-state index is 0.0124. The van der Waals surface area contributed by atoms with Crippen molar-refractivity contribution in [2.75, 3.05) is 13.2 Å². The Kier molecular flexibility index (Phi) is 9.72. The Labute approximate surface area is 240 Å². The highest BCUT2D eigenvalue weighted by Crippen LogP contribution is 2.35. The highest BCUT2D eigenvalue weighted by Gasteiger charge is 2.50. The van der Waals surface area contributed by atoms with E-state index in [1.54, 1.807) is 55.5 Å². The average Bonchev–Trinajstić information content (AvgIpc) is 3.32. The molecule has 220 valence electrons. The molecule has 3 aromatic rings. The van der Waals surface area contributed by atoms with Gasteiger partial charge in [-0.1, -0.05) is 47.6 Å². The first-order valence-electron chi connectivity index (χ1n) is 13.3. The van der Waals surface area contributed by atoms with Crippen LogP contribution >= 0.6 is 0 Å². The Morgan fingerprint density at radius 3 is 2.43 bits per heavy atom. The number of rotatable bonds is 12. The molecule has 1 aliphatic rings. The van der Waals surface area contributed by atoms with Crippen molar-refractivity contribution in [3.8, 4) is 5.75 Å². The van der Waals surface area contributed by atoms with E-state index < -0.39 is 29.3 Å². The summed E-state index contributed by atoms with van der Waals surface area (Å²) < 4.78 is 52.4. The molecule has 0 unspecified atom stereocenters. The largest absolute Gasteiger partial charge is 0.494 e. The summed E-state index contributed by atoms with van der Waals surface area (Å²) in [7, 11) is 0. The third-order valence-corrected chi connectivity index (χ3v) is 6.97. The SMILES string of the molecule is C[C@H]1OC(c2ccc(OCCCO)cc2)=N[C@@]1(Cc1ccccc1CN=[N+]=[N-])C(=O)NCc1ccccc1C(F)(F)F. The highest BCUT2D eigenvalue weighted by atomic mass is 19.4. The molecule has 1 heterocycles. The molecule has 4 rings (SSSR count). The van der Waals surface area contributed by atoms with Gasteiger partial charge in [0.1, 0.15) is 11.9 Å². The van der Waals surface area contributed by atoms with Gasteiger partial charge in [0.15, 0.2) is 5.54 Å². The lowest BCUT2D eigenvalue weighted by Gasteiger charge is -2.29. The number of amides is 1. The maximum atomic E-state index is 13.9. The topological polar surface area (TPSA) is 129 Å². The summed E-state index contributed by atoms with van der Waals surface area (Å²) in [4.78, 5) is 21.5. The van der Waals surface area contributed by atoms with Crippen molar-refractivity contribution in [3.05, 3.63) is 111 Å². The van der Waals surface area contributed by atoms with Crippen LogP contribution in [0.2, 0.25) is 0 Å². The maximum Gasteiger partial charge on any atom is 0.416 e. The minimum Gasteiger partial charge on any atom is -0.494 e. The number of hydrogen-bond acceptors (Lipinski definition) is 6. The van der Waals surface area contributed by atoms with Gasteiger partial charge in [0.05, 0.1) is 18.7 Å². The standard InChI is InChI=1S/C30H30F3N5O4/c1-20-29(17-22-7-2-3-8-23(22)19-36-38-34,28(40)35-18-24-9-4-5-10-26(24)30(31,32)33)37-27(42-20)21-11-13-25(14-12-21)41-16-6-15-39/h2-5,7-14,20,39H,6,15-19H2,1H3,(H,35,40)/t20-,29-/m1/s1. The van der Waals surface area contributed by atoms with E-state index in [0.29, 0.717) is 35.5 Å². The van der Waals surface area contributed by atoms with Crippen molar-refractivity contribution >= 4 is 11.8 Å². The van der Waals surface area contributed by atoms with Crippen LogP contribution in [0.3, 0.4) is 0 Å². The molecule has 3 aromatic carbocycles. The van der Waals surface area contributed by atoms with Crippen LogP contribution in [0.15, 0.2) is 82.9 Å². The summed E-state index contributed by atoms with van der Waals surface area (Å²) in [5.41, 5.74) is 8.33. The van der Waals surface area contributed by atoms with Crippen molar-refractivity contribution in [1.82, 2.24) is 5.32 Å². The number of aliphatic imine (C=N–C) groups is 1. The van der Waals surface area contributed by atoms with Gasteiger partial charge in [-0.25, -0.2) is 4.99 Å². The summed E-state index contributed by atoms with van der Waals surface area (Å²) in [6, 6.07) is 19.1. The number of nitrogens with zero attached hydrogens (tertiary/aromatic N) is 4. The van der Waals surface area contributed by atoms with Gasteiger partial charge >= 0.3 is 6.18 Å². The lowest BCUT2D eigenvalue weighted by atomic mass is 9.84. The number of carbonyl (C=O) groups is 1. The van der Waals surface area contributed by atoms with Gasteiger partial charge in [-0.15, -0.1) is 0 Å². The predicted molar refractivity (Wildman–Crippen MR) is 150 cm³/mol. The average molecular weight is 582 g/mol. The Morgan fingerprint density at radius 1 is 1.10 bits per heavy atom. The van der Waals surface area contributed by atoms with Gasteiger partial charge in [-0.05, 0) is 59.5 Å². The third kappa shape index (κ3) is 7.02. The van der Waals surface area contributed by atoms with E-state index in [9.17, 15) is 18.0 Å². The molecule has 0 radical (unpaired) electrons. The number of carbonyl (C=O) groups excluding carboxylic acids is 1. The van der Waals surface area contributed by atoms with Crippen molar-refractivity contribution in [2.24, 2.45) is 10.1 Å². The number of nitrogens with one attached hydrogen (secondary N) is 1. The second kappa shape index (κ2) is 13.4. The zero-order chi connectivity index (χ0) is 30.2. The summed E-state index contributed by atoms with van der Waals surface area (Å²) in [6.45, 7) is 1.72. The summed E-state index contributed by atoms with van der Waals surface area (Å²) in [6.07, 6.45) is -4.84. The smallest absolute Gasteiger partial charge is 0.416 e. The molecule has 0 aromatic heterocycles. The van der Waals surface area contributed by atoms with Crippen molar-refractivity contribution < 1.29 is 32.5 Å². The monoisotopic (exact) mass is 581 g/mol. The molecule has 2 atom stereocenters. The van der Waals surface area contributed by atoms with Crippen LogP contribution in [0.4, 0.5) is 13.2 Å². The minimum atomic E-state index is -4.58. The number of aliphatic hydroxyl groups is 1. The molecule has 12 heteroatoms. The van der Waals surface area contributed by atoms with Gasteiger partial charge in [0.25, 0.3) is 5.91 Å². The van der Waals surface area contributed by atoms with Crippen LogP contribution in [0.25, 0.3) is 10.4 Å². The zero-order valence-corrected chi connectivity index (χ0v) is 22.8. The van der Waals surface area contributed by atoms with Crippen LogP contribution in [-0.2, 0) is 35.2 Å². The molecule has 9 nitrogen and oxygen atoms in total. The van der Waals surface area contributed by atoms with E-state index in [2.05, 4.69) is 15.3 Å². The number of alkyl halides is 3. The highest BCUT2D eigenvalue weighted by molar-refractivity contribution is 6.01. The first kappa shape index (κ1) is 30.4. The molecule has 0 aliphatic carbocycles. The maximum absolute atomic E-state index is 13.9. The molecule has 1 aliphatic heterocycles. The Hall–Kier alpha value is -4.54. The number of halogens is 3. The van der Waals surface area contributed by atoms with Crippen molar-refractivity contribution in [1.29, 1.82) is 0 Å². The van der Waals surface area contributed by atoms with E-state index in [4.69, 9.17) is 25.1 Å². The fourth-order valence-electron chi connectivity index (χ4n) is 4.71. The molecule has 42 heavy (non-hydrogen) atoms. The first-order valence-corrected chi connectivity index (χ1v) is 13.3. The molecule has 2 N–H and O–H groups in total. The lowest BCUT2D eigenvalue weighted by molar-refractivity contribution is -0.138. The van der Waals surface area contributed by atoms with Crippen LogP contribution in [0.5, 0.6) is 5.75 Å². The van der Waals surface area contributed by atoms with Crippen molar-refractivity contribution in [2.45, 2.75) is 50.7 Å². The molecule has 0 fully saturated rings. The van der Waals surface area contributed by atoms with Crippen LogP contribution in [-0.4, -0.2) is 41.8 Å². The number of benzene rings is 3. The molecule has 1 amide bonds. The zero-order valence-electron chi connectivity index (χ0n) is 22.8. The van der Waals surface area contributed by atoms with E-state index in [0.717, 1.165) is 6.07 Å². The quantitative estimate of drug-likeness (QED) is 0.122. The molecule has 0 saturated heterocycles. The second-order valence-corrected chi connectivity index (χ2v) is 9.72. The Morgan fingerprint density at radius 2 is 1.76 bits per heavy atom. The van der Waals surface area contributed by atoms with Crippen LogP contribution in [0, 0.1) is 0 Å². The van der Waals surface area contributed by atoms with Gasteiger partial charge in [-0.3, -0.25) is 4.79 Å². The van der Waals surface area contributed by atoms with E-state index in [1.807, 2.05) is 0 Å². The Bertz CT molecular complexity index is 1470. The van der Waals surface area contributed by atoms with Crippen LogP contribution in [0.1, 0.15) is 41.2 Å². The van der Waals surface area contributed by atoms with Crippen molar-refractivity contribution in [3.63, 3.8) is 0 Å². The third-order valence-electron chi connectivity index (χ3n) is 6.97. The Balaban J connectivity index is 1.68. The van der Waals surface area contributed by atoms with Gasteiger partial charge in [0, 0.05) is 36.5 Å². The molecular formula is C30H30F3N5O4. The summed E-state index contributed by atoms with van der Waals surface area (Å²) in [5, 5.41) is 15.3. The fraction of sp³-hybridized carbons (Fsp3) is 0.333. The summed E-state index contributed by atoms with van der Waals surface area (Å²) in [5.74, 6) is 0.172. The van der Waals surface area contributed by atoms with E-state index >= 15 is 0 Å². The summed E-state index contributed by atoms with van der Waals surface area (Å²) >= 11 is 0. The van der Waals surface area contributed by atoms with Gasteiger partial charge < -0.3 is 19.9 Å². The lowest BCUT2D eigenvalue weighted by Crippen LogP contribution is -2.52. The van der Waals surface area contributed by atoms with E-state index in [-0.39, 0.29) is 37.6 Å². The normalized spacial score (nSPS) is 18.0. The predicted octanol–water partition coefficient (Wildman–Crippen LogP) is 5.74. The molecule has 0 spiro atoms. The number of ether oxygens (including phenoxy) is 2. The fourth-order valence-corrected chi connectivity index (χ4v) is 4.71. The second-order valence-electron chi connectivity index (χ2n) is 9.72. The molecule has 0 bridgehead atoms. The van der Waals surface area contributed by atoms with Crippen LogP contribution < -0.4 is 10.1 Å². The number of hydrogen-bond donors (Lipinski definition) is 2. The number of azide groups is 1. The molecule has 0 saturated carbocycles. The van der Waals surface area contributed by atoms with Gasteiger partial charge in [0.2, 0.25) is 5.90 Å². The van der Waals surface area contributed by atoms with Gasteiger partial charge in [-0.2, -0.15) is 13.2 Å². The van der Waals surface area contributed by atoms with E-state index in [1.165, 1.54) is 18.2 Å². The molecular weight excluding hydrogens is 551 g/mol.